The van der Waals surface area contributed by atoms with Crippen LogP contribution in [0.5, 0.6) is 0 Å². The zero-order chi connectivity index (χ0) is 15.0. The molecule has 0 spiro atoms. The quantitative estimate of drug-likeness (QED) is 0.653. The van der Waals surface area contributed by atoms with Gasteiger partial charge in [0.1, 0.15) is 0 Å². The van der Waals surface area contributed by atoms with Gasteiger partial charge in [-0.1, -0.05) is 69.2 Å². The molecule has 1 radical (unpaired) electrons. The van der Waals surface area contributed by atoms with Gasteiger partial charge in [0.15, 0.2) is 0 Å². The summed E-state index contributed by atoms with van der Waals surface area (Å²) in [5.74, 6) is -0.179. The highest BCUT2D eigenvalue weighted by atomic mass is 28.4. The molecular formula is C15H31O2Si. The first-order valence-electron chi connectivity index (χ1n) is 6.73. The van der Waals surface area contributed by atoms with Crippen molar-refractivity contribution < 1.29 is 9.22 Å². The minimum absolute atomic E-state index is 0.0117. The molecule has 0 heterocycles. The van der Waals surface area contributed by atoms with E-state index in [2.05, 4.69) is 62.3 Å². The lowest BCUT2D eigenvalue weighted by molar-refractivity contribution is -0.132. The topological polar surface area (TPSA) is 26.3 Å². The van der Waals surface area contributed by atoms with Crippen LogP contribution in [0.2, 0.25) is 15.1 Å². The lowest BCUT2D eigenvalue weighted by Crippen LogP contribution is -2.61. The van der Waals surface area contributed by atoms with E-state index in [-0.39, 0.29) is 21.1 Å². The molecule has 3 heteroatoms. The molecule has 107 valence electrons. The Hall–Kier alpha value is -0.313. The molecule has 0 amide bonds. The maximum atomic E-state index is 11.9. The molecule has 0 N–H and O–H groups in total. The Bertz CT molecular complexity index is 264. The van der Waals surface area contributed by atoms with E-state index in [0.717, 1.165) is 0 Å². The second kappa shape index (κ2) is 4.99. The molecule has 0 aromatic rings. The van der Waals surface area contributed by atoms with Crippen molar-refractivity contribution in [2.75, 3.05) is 0 Å². The smallest absolute Gasteiger partial charge is 0.296 e. The van der Waals surface area contributed by atoms with Gasteiger partial charge in [-0.25, -0.2) is 0 Å². The SMILES string of the molecule is C[CH]C(=O)O[Si](C(C)(C)C)(C(C)(C)C)C(C)(C)C. The van der Waals surface area contributed by atoms with Crippen LogP contribution in [-0.2, 0) is 9.22 Å². The summed E-state index contributed by atoms with van der Waals surface area (Å²) >= 11 is 0. The van der Waals surface area contributed by atoms with E-state index in [9.17, 15) is 4.79 Å². The average molecular weight is 271 g/mol. The molecule has 0 unspecified atom stereocenters. The van der Waals surface area contributed by atoms with E-state index >= 15 is 0 Å². The van der Waals surface area contributed by atoms with Gasteiger partial charge in [-0.05, 0) is 15.1 Å². The first-order valence-corrected chi connectivity index (χ1v) is 8.64. The zero-order valence-corrected chi connectivity index (χ0v) is 14.9. The molecule has 0 aromatic heterocycles. The molecule has 0 aliphatic rings. The fraction of sp³-hybridized carbons (Fsp3) is 0.867. The van der Waals surface area contributed by atoms with E-state index in [1.807, 2.05) is 0 Å². The Morgan fingerprint density at radius 1 is 0.833 bits per heavy atom. The van der Waals surface area contributed by atoms with Gasteiger partial charge in [0.25, 0.3) is 14.3 Å². The molecule has 0 fully saturated rings. The molecular weight excluding hydrogens is 240 g/mol. The van der Waals surface area contributed by atoms with Crippen molar-refractivity contribution in [3.05, 3.63) is 6.42 Å². The predicted molar refractivity (Wildman–Crippen MR) is 81.0 cm³/mol. The fourth-order valence-corrected chi connectivity index (χ4v) is 12.1. The van der Waals surface area contributed by atoms with Crippen molar-refractivity contribution in [2.45, 2.75) is 84.4 Å². The number of hydrogen-bond acceptors (Lipinski definition) is 2. The highest BCUT2D eigenvalue weighted by molar-refractivity contribution is 6.83. The third kappa shape index (κ3) is 2.98. The van der Waals surface area contributed by atoms with Gasteiger partial charge in [-0.3, -0.25) is 4.79 Å². The molecule has 2 nitrogen and oxygen atoms in total. The minimum Gasteiger partial charge on any atom is -0.517 e. The van der Waals surface area contributed by atoms with Crippen LogP contribution < -0.4 is 0 Å². The summed E-state index contributed by atoms with van der Waals surface area (Å²) in [6.07, 6.45) is 1.53. The molecule has 0 aliphatic carbocycles. The third-order valence-corrected chi connectivity index (χ3v) is 10.5. The summed E-state index contributed by atoms with van der Waals surface area (Å²) < 4.78 is 6.12. The average Bonchev–Trinajstić information content (AvgIpc) is 2.07. The molecule has 0 rings (SSSR count). The van der Waals surface area contributed by atoms with Crippen molar-refractivity contribution in [1.82, 2.24) is 0 Å². The summed E-state index contributed by atoms with van der Waals surface area (Å²) in [6.45, 7) is 21.6. The molecule has 18 heavy (non-hydrogen) atoms. The fourth-order valence-electron chi connectivity index (χ4n) is 4.04. The first kappa shape index (κ1) is 17.7. The normalized spacial score (nSPS) is 14.6. The lowest BCUT2D eigenvalue weighted by atomic mass is 10.2. The van der Waals surface area contributed by atoms with Crippen molar-refractivity contribution in [3.63, 3.8) is 0 Å². The predicted octanol–water partition coefficient (Wildman–Crippen LogP) is 5.10. The van der Waals surface area contributed by atoms with Crippen LogP contribution in [0.15, 0.2) is 0 Å². The van der Waals surface area contributed by atoms with Crippen molar-refractivity contribution in [2.24, 2.45) is 0 Å². The lowest BCUT2D eigenvalue weighted by Gasteiger charge is -2.56. The van der Waals surface area contributed by atoms with Gasteiger partial charge in [-0.15, -0.1) is 0 Å². The first-order chi connectivity index (χ1) is 7.70. The summed E-state index contributed by atoms with van der Waals surface area (Å²) in [4.78, 5) is 11.9. The number of hydrogen-bond donors (Lipinski definition) is 0. The molecule has 0 atom stereocenters. The monoisotopic (exact) mass is 271 g/mol. The van der Waals surface area contributed by atoms with Gasteiger partial charge in [-0.2, -0.15) is 0 Å². The Kier molecular flexibility index (Phi) is 4.90. The standard InChI is InChI=1S/C15H31O2Si/c1-11-12(16)17-18(13(2,3)4,14(5,6)7)15(8,9)10/h11H,1-10H3. The van der Waals surface area contributed by atoms with Gasteiger partial charge >= 0.3 is 0 Å². The number of carbonyl (C=O) groups is 1. The van der Waals surface area contributed by atoms with Crippen LogP contribution in [-0.4, -0.2) is 14.3 Å². The largest absolute Gasteiger partial charge is 0.517 e. The summed E-state index contributed by atoms with van der Waals surface area (Å²) in [7, 11) is -2.37. The Labute approximate surface area is 115 Å². The van der Waals surface area contributed by atoms with Crippen LogP contribution in [0.1, 0.15) is 69.2 Å². The summed E-state index contributed by atoms with van der Waals surface area (Å²) in [5.41, 5.74) is 0. The number of carbonyl (C=O) groups excluding carboxylic acids is 1. The zero-order valence-electron chi connectivity index (χ0n) is 13.9. The van der Waals surface area contributed by atoms with Crippen LogP contribution in [0.25, 0.3) is 0 Å². The minimum atomic E-state index is -2.37. The second-order valence-corrected chi connectivity index (χ2v) is 14.2. The molecule has 0 saturated carbocycles. The van der Waals surface area contributed by atoms with Crippen molar-refractivity contribution in [1.29, 1.82) is 0 Å². The summed E-state index contributed by atoms with van der Waals surface area (Å²) in [5, 5.41) is -0.0352. The van der Waals surface area contributed by atoms with Gasteiger partial charge in [0.05, 0.1) is 6.42 Å². The van der Waals surface area contributed by atoms with Crippen LogP contribution in [0.4, 0.5) is 0 Å². The van der Waals surface area contributed by atoms with E-state index < -0.39 is 8.32 Å². The molecule has 0 saturated heterocycles. The highest BCUT2D eigenvalue weighted by Crippen LogP contribution is 2.62. The molecule has 0 aromatic carbocycles. The van der Waals surface area contributed by atoms with Crippen LogP contribution in [0, 0.1) is 6.42 Å². The summed E-state index contributed by atoms with van der Waals surface area (Å²) in [6, 6.07) is 0. The van der Waals surface area contributed by atoms with E-state index in [4.69, 9.17) is 4.43 Å². The maximum absolute atomic E-state index is 11.9. The maximum Gasteiger partial charge on any atom is 0.296 e. The van der Waals surface area contributed by atoms with Crippen LogP contribution >= 0.6 is 0 Å². The van der Waals surface area contributed by atoms with E-state index in [1.54, 1.807) is 6.92 Å². The van der Waals surface area contributed by atoms with Gasteiger partial charge in [0, 0.05) is 0 Å². The molecule has 0 aliphatic heterocycles. The molecule has 0 bridgehead atoms. The number of rotatable bonds is 2. The second-order valence-electron chi connectivity index (χ2n) is 8.14. The Morgan fingerprint density at radius 2 is 1.11 bits per heavy atom. The van der Waals surface area contributed by atoms with E-state index in [0.29, 0.717) is 0 Å². The third-order valence-electron chi connectivity index (χ3n) is 3.66. The van der Waals surface area contributed by atoms with Gasteiger partial charge < -0.3 is 4.43 Å². The Balaban J connectivity index is 6.00. The van der Waals surface area contributed by atoms with Crippen LogP contribution in [0.3, 0.4) is 0 Å². The Morgan fingerprint density at radius 3 is 1.28 bits per heavy atom. The van der Waals surface area contributed by atoms with Crippen molar-refractivity contribution >= 4 is 14.3 Å². The van der Waals surface area contributed by atoms with E-state index in [1.165, 1.54) is 6.42 Å². The van der Waals surface area contributed by atoms with Crippen molar-refractivity contribution in [3.8, 4) is 0 Å². The highest BCUT2D eigenvalue weighted by Gasteiger charge is 2.64. The van der Waals surface area contributed by atoms with Gasteiger partial charge in [0.2, 0.25) is 0 Å².